The van der Waals surface area contributed by atoms with Gasteiger partial charge in [-0.25, -0.2) is 0 Å². The van der Waals surface area contributed by atoms with Crippen LogP contribution in [-0.2, 0) is 13.0 Å². The zero-order valence-corrected chi connectivity index (χ0v) is 11.9. The molecule has 1 aromatic carbocycles. The molecule has 102 valence electrons. The lowest BCUT2D eigenvalue weighted by Gasteiger charge is -2.26. The summed E-state index contributed by atoms with van der Waals surface area (Å²) in [4.78, 5) is 0. The average molecular weight is 251 g/mol. The van der Waals surface area contributed by atoms with Crippen molar-refractivity contribution in [2.45, 2.75) is 45.7 Å². The smallest absolute Gasteiger partial charge is 0.123 e. The van der Waals surface area contributed by atoms with Gasteiger partial charge in [0.2, 0.25) is 0 Å². The van der Waals surface area contributed by atoms with Crippen LogP contribution in [0.25, 0.3) is 0 Å². The lowest BCUT2D eigenvalue weighted by atomic mass is 10.00. The van der Waals surface area contributed by atoms with Gasteiger partial charge in [-0.2, -0.15) is 0 Å². The van der Waals surface area contributed by atoms with Gasteiger partial charge in [-0.3, -0.25) is 0 Å². The Kier molecular flexibility index (Phi) is 5.63. The molecular formula is C15H25NO2. The summed E-state index contributed by atoms with van der Waals surface area (Å²) in [6.07, 6.45) is 1.76. The first-order chi connectivity index (χ1) is 8.52. The topological polar surface area (TPSA) is 41.5 Å². The van der Waals surface area contributed by atoms with Crippen molar-refractivity contribution in [3.05, 3.63) is 29.3 Å². The molecular weight excluding hydrogens is 226 g/mol. The van der Waals surface area contributed by atoms with E-state index in [1.54, 1.807) is 7.11 Å². The fourth-order valence-corrected chi connectivity index (χ4v) is 1.89. The minimum absolute atomic E-state index is 0.0675. The Morgan fingerprint density at radius 3 is 2.61 bits per heavy atom. The molecule has 0 radical (unpaired) electrons. The van der Waals surface area contributed by atoms with Gasteiger partial charge in [-0.05, 0) is 38.3 Å². The maximum atomic E-state index is 9.02. The van der Waals surface area contributed by atoms with E-state index >= 15 is 0 Å². The highest BCUT2D eigenvalue weighted by atomic mass is 16.5. The van der Waals surface area contributed by atoms with Gasteiger partial charge in [0.05, 0.1) is 7.11 Å². The van der Waals surface area contributed by atoms with Crippen LogP contribution in [0.5, 0.6) is 5.75 Å². The number of hydrogen-bond donors (Lipinski definition) is 2. The number of benzene rings is 1. The molecule has 0 unspecified atom stereocenters. The molecule has 0 aliphatic heterocycles. The fraction of sp³-hybridized carbons (Fsp3) is 0.600. The molecule has 0 bridgehead atoms. The Morgan fingerprint density at radius 2 is 2.06 bits per heavy atom. The van der Waals surface area contributed by atoms with Crippen molar-refractivity contribution in [2.24, 2.45) is 0 Å². The molecule has 3 nitrogen and oxygen atoms in total. The van der Waals surface area contributed by atoms with Crippen LogP contribution in [0.2, 0.25) is 0 Å². The van der Waals surface area contributed by atoms with Gasteiger partial charge < -0.3 is 15.2 Å². The van der Waals surface area contributed by atoms with Gasteiger partial charge in [0.1, 0.15) is 5.75 Å². The summed E-state index contributed by atoms with van der Waals surface area (Å²) in [6.45, 7) is 7.30. The molecule has 18 heavy (non-hydrogen) atoms. The summed E-state index contributed by atoms with van der Waals surface area (Å²) in [5.74, 6) is 0.916. The Balaban J connectivity index is 2.76. The van der Waals surface area contributed by atoms with E-state index in [1.807, 2.05) is 6.07 Å². The second-order valence-corrected chi connectivity index (χ2v) is 5.21. The van der Waals surface area contributed by atoms with E-state index in [4.69, 9.17) is 9.84 Å². The molecule has 0 amide bonds. The van der Waals surface area contributed by atoms with Gasteiger partial charge in [0, 0.05) is 24.3 Å². The Bertz CT molecular complexity index is 375. The fourth-order valence-electron chi connectivity index (χ4n) is 1.89. The first kappa shape index (κ1) is 15.0. The highest BCUT2D eigenvalue weighted by Crippen LogP contribution is 2.21. The number of aliphatic hydroxyl groups excluding tert-OH is 1. The van der Waals surface area contributed by atoms with Crippen molar-refractivity contribution in [1.29, 1.82) is 0 Å². The largest absolute Gasteiger partial charge is 0.496 e. The van der Waals surface area contributed by atoms with Crippen LogP contribution >= 0.6 is 0 Å². The van der Waals surface area contributed by atoms with E-state index < -0.39 is 0 Å². The van der Waals surface area contributed by atoms with Crippen molar-refractivity contribution in [2.75, 3.05) is 13.7 Å². The van der Waals surface area contributed by atoms with E-state index in [0.717, 1.165) is 25.1 Å². The van der Waals surface area contributed by atoms with E-state index in [2.05, 4.69) is 38.2 Å². The lowest BCUT2D eigenvalue weighted by molar-refractivity contribution is 0.229. The molecule has 0 spiro atoms. The molecule has 0 aliphatic carbocycles. The van der Waals surface area contributed by atoms with Gasteiger partial charge in [0.25, 0.3) is 0 Å². The molecule has 0 aliphatic rings. The van der Waals surface area contributed by atoms with Crippen molar-refractivity contribution in [3.63, 3.8) is 0 Å². The molecule has 0 heterocycles. The molecule has 1 aromatic rings. The van der Waals surface area contributed by atoms with Crippen LogP contribution in [0, 0.1) is 0 Å². The Hall–Kier alpha value is -1.06. The van der Waals surface area contributed by atoms with E-state index in [0.29, 0.717) is 0 Å². The van der Waals surface area contributed by atoms with Gasteiger partial charge in [-0.1, -0.05) is 19.1 Å². The van der Waals surface area contributed by atoms with Crippen LogP contribution in [0.4, 0.5) is 0 Å². The predicted octanol–water partition coefficient (Wildman–Crippen LogP) is 2.51. The molecule has 1 rings (SSSR count). The van der Waals surface area contributed by atoms with Crippen molar-refractivity contribution in [3.8, 4) is 5.75 Å². The highest BCUT2D eigenvalue weighted by Gasteiger charge is 2.16. The summed E-state index contributed by atoms with van der Waals surface area (Å²) in [6, 6.07) is 6.30. The monoisotopic (exact) mass is 251 g/mol. The summed E-state index contributed by atoms with van der Waals surface area (Å²) in [5.41, 5.74) is 2.41. The minimum atomic E-state index is -0.0675. The van der Waals surface area contributed by atoms with Crippen LogP contribution in [0.15, 0.2) is 18.2 Å². The minimum Gasteiger partial charge on any atom is -0.496 e. The molecule has 3 heteroatoms. The lowest BCUT2D eigenvalue weighted by Crippen LogP contribution is -2.39. The third kappa shape index (κ3) is 4.31. The zero-order chi connectivity index (χ0) is 13.6. The third-order valence-electron chi connectivity index (χ3n) is 3.25. The number of aryl methyl sites for hydroxylation is 1. The van der Waals surface area contributed by atoms with Gasteiger partial charge in [-0.15, -0.1) is 0 Å². The van der Waals surface area contributed by atoms with Gasteiger partial charge in [0.15, 0.2) is 0 Å². The number of ether oxygens (including phenoxy) is 1. The quantitative estimate of drug-likeness (QED) is 0.782. The van der Waals surface area contributed by atoms with Crippen molar-refractivity contribution < 1.29 is 9.84 Å². The normalized spacial score (nSPS) is 11.6. The summed E-state index contributed by atoms with van der Waals surface area (Å²) >= 11 is 0. The summed E-state index contributed by atoms with van der Waals surface area (Å²) in [7, 11) is 1.70. The molecule has 0 aromatic heterocycles. The Morgan fingerprint density at radius 1 is 1.33 bits per heavy atom. The number of aliphatic hydroxyl groups is 1. The number of hydrogen-bond acceptors (Lipinski definition) is 3. The SMILES string of the molecule is CCc1ccc(OC)c(CNC(C)(C)CCO)c1. The summed E-state index contributed by atoms with van der Waals surface area (Å²) < 4.78 is 5.38. The van der Waals surface area contributed by atoms with Crippen LogP contribution in [-0.4, -0.2) is 24.4 Å². The average Bonchev–Trinajstić information content (AvgIpc) is 2.36. The maximum absolute atomic E-state index is 9.02. The third-order valence-corrected chi connectivity index (χ3v) is 3.25. The summed E-state index contributed by atoms with van der Waals surface area (Å²) in [5, 5.41) is 12.5. The first-order valence-electron chi connectivity index (χ1n) is 6.54. The van der Waals surface area contributed by atoms with E-state index in [1.165, 1.54) is 11.1 Å². The van der Waals surface area contributed by atoms with E-state index in [9.17, 15) is 0 Å². The molecule has 0 fully saturated rings. The zero-order valence-electron chi connectivity index (χ0n) is 11.9. The predicted molar refractivity (Wildman–Crippen MR) is 75.0 cm³/mol. The van der Waals surface area contributed by atoms with Crippen molar-refractivity contribution in [1.82, 2.24) is 5.32 Å². The number of rotatable bonds is 7. The van der Waals surface area contributed by atoms with Crippen LogP contribution < -0.4 is 10.1 Å². The molecule has 0 saturated carbocycles. The molecule has 0 saturated heterocycles. The highest BCUT2D eigenvalue weighted by molar-refractivity contribution is 5.37. The first-order valence-corrected chi connectivity index (χ1v) is 6.54. The number of methoxy groups -OCH3 is 1. The second kappa shape index (κ2) is 6.76. The second-order valence-electron chi connectivity index (χ2n) is 5.21. The number of nitrogens with one attached hydrogen (secondary N) is 1. The van der Waals surface area contributed by atoms with E-state index in [-0.39, 0.29) is 12.1 Å². The van der Waals surface area contributed by atoms with Crippen molar-refractivity contribution >= 4 is 0 Å². The molecule has 2 N–H and O–H groups in total. The van der Waals surface area contributed by atoms with Gasteiger partial charge >= 0.3 is 0 Å². The van der Waals surface area contributed by atoms with Crippen LogP contribution in [0.1, 0.15) is 38.3 Å². The Labute approximate surface area is 110 Å². The van der Waals surface area contributed by atoms with Crippen LogP contribution in [0.3, 0.4) is 0 Å². The molecule has 0 atom stereocenters. The standard InChI is InChI=1S/C15H25NO2/c1-5-12-6-7-14(18-4)13(10-12)11-16-15(2,3)8-9-17/h6-7,10,16-17H,5,8-9,11H2,1-4H3. The maximum Gasteiger partial charge on any atom is 0.123 e.